The molecule has 3 atom stereocenters. The molecule has 0 radical (unpaired) electrons. The summed E-state index contributed by atoms with van der Waals surface area (Å²) < 4.78 is 0. The van der Waals surface area contributed by atoms with Crippen LogP contribution in [0, 0.1) is 11.8 Å². The first kappa shape index (κ1) is 9.95. The molecule has 1 heterocycles. The Morgan fingerprint density at radius 1 is 1.24 bits per heavy atom. The van der Waals surface area contributed by atoms with Gasteiger partial charge in [-0.1, -0.05) is 12.1 Å². The summed E-state index contributed by atoms with van der Waals surface area (Å²) in [5.74, 6) is 2.11. The molecule has 2 heteroatoms. The van der Waals surface area contributed by atoms with E-state index in [-0.39, 0.29) is 0 Å². The Kier molecular flexibility index (Phi) is 2.04. The van der Waals surface area contributed by atoms with Gasteiger partial charge >= 0.3 is 0 Å². The van der Waals surface area contributed by atoms with Gasteiger partial charge in [-0.3, -0.25) is 4.90 Å². The summed E-state index contributed by atoms with van der Waals surface area (Å²) in [6.45, 7) is 2.33. The molecular formula is C15H20N2. The number of hydrogen-bond acceptors (Lipinski definition) is 2. The first-order valence-corrected chi connectivity index (χ1v) is 6.93. The van der Waals surface area contributed by atoms with Gasteiger partial charge in [0, 0.05) is 24.8 Å². The van der Waals surface area contributed by atoms with Crippen molar-refractivity contribution < 1.29 is 0 Å². The minimum Gasteiger partial charge on any atom is -0.398 e. The Balaban J connectivity index is 1.60. The molecule has 1 aliphatic heterocycles. The van der Waals surface area contributed by atoms with Gasteiger partial charge in [0.1, 0.15) is 0 Å². The maximum Gasteiger partial charge on any atom is 0.0362 e. The molecule has 17 heavy (non-hydrogen) atoms. The zero-order valence-corrected chi connectivity index (χ0v) is 10.2. The van der Waals surface area contributed by atoms with Crippen LogP contribution in [0.3, 0.4) is 0 Å². The van der Waals surface area contributed by atoms with Crippen molar-refractivity contribution in [3.8, 4) is 0 Å². The normalized spacial score (nSPS) is 35.4. The summed E-state index contributed by atoms with van der Waals surface area (Å²) in [5, 5.41) is 0. The highest BCUT2D eigenvalue weighted by Crippen LogP contribution is 2.54. The summed E-state index contributed by atoms with van der Waals surface area (Å²) in [6, 6.07) is 7.26. The van der Waals surface area contributed by atoms with Crippen LogP contribution in [0.5, 0.6) is 0 Å². The first-order chi connectivity index (χ1) is 8.33. The Morgan fingerprint density at radius 2 is 2.18 bits per heavy atom. The van der Waals surface area contributed by atoms with Gasteiger partial charge in [-0.2, -0.15) is 0 Å². The van der Waals surface area contributed by atoms with E-state index in [0.717, 1.165) is 30.1 Å². The molecule has 2 nitrogen and oxygen atoms in total. The van der Waals surface area contributed by atoms with E-state index in [0.29, 0.717) is 0 Å². The number of hydrogen-bond donors (Lipinski definition) is 1. The van der Waals surface area contributed by atoms with E-state index < -0.39 is 0 Å². The monoisotopic (exact) mass is 228 g/mol. The standard InChI is InChI=1S/C15H20N2/c16-14-3-1-2-10-6-7-17(9-13(10)14)15-5-4-11-8-12(11)15/h1-3,11-12,15H,4-9,16H2. The van der Waals surface area contributed by atoms with Crippen molar-refractivity contribution in [2.75, 3.05) is 12.3 Å². The van der Waals surface area contributed by atoms with Crippen molar-refractivity contribution in [1.29, 1.82) is 0 Å². The fourth-order valence-corrected chi connectivity index (χ4v) is 4.04. The number of rotatable bonds is 1. The van der Waals surface area contributed by atoms with E-state index in [1.807, 2.05) is 0 Å². The minimum absolute atomic E-state index is 0.868. The third-order valence-electron chi connectivity index (χ3n) is 5.11. The lowest BCUT2D eigenvalue weighted by molar-refractivity contribution is 0.164. The molecule has 3 aliphatic rings. The molecule has 90 valence electrons. The molecule has 1 aromatic carbocycles. The second-order valence-corrected chi connectivity index (χ2v) is 6.01. The third kappa shape index (κ3) is 1.50. The van der Waals surface area contributed by atoms with Crippen LogP contribution in [0.4, 0.5) is 5.69 Å². The van der Waals surface area contributed by atoms with E-state index in [2.05, 4.69) is 23.1 Å². The van der Waals surface area contributed by atoms with Gasteiger partial charge in [-0.05, 0) is 54.7 Å². The largest absolute Gasteiger partial charge is 0.398 e. The number of nitrogens with two attached hydrogens (primary N) is 1. The van der Waals surface area contributed by atoms with Crippen LogP contribution < -0.4 is 5.73 Å². The van der Waals surface area contributed by atoms with E-state index in [9.17, 15) is 0 Å². The zero-order valence-electron chi connectivity index (χ0n) is 10.2. The van der Waals surface area contributed by atoms with E-state index in [1.54, 1.807) is 0 Å². The fraction of sp³-hybridized carbons (Fsp3) is 0.600. The van der Waals surface area contributed by atoms with Crippen LogP contribution in [-0.4, -0.2) is 17.5 Å². The molecule has 0 amide bonds. The average Bonchev–Trinajstić information content (AvgIpc) is 3.01. The second kappa shape index (κ2) is 3.49. The first-order valence-electron chi connectivity index (χ1n) is 6.93. The van der Waals surface area contributed by atoms with Crippen LogP contribution in [0.25, 0.3) is 0 Å². The van der Waals surface area contributed by atoms with Gasteiger partial charge in [-0.15, -0.1) is 0 Å². The lowest BCUT2D eigenvalue weighted by Crippen LogP contribution is -2.39. The van der Waals surface area contributed by atoms with Gasteiger partial charge in [0.15, 0.2) is 0 Å². The number of nitrogen functional groups attached to an aromatic ring is 1. The molecule has 4 rings (SSSR count). The molecule has 2 fully saturated rings. The van der Waals surface area contributed by atoms with Crippen molar-refractivity contribution in [3.05, 3.63) is 29.3 Å². The molecule has 3 unspecified atom stereocenters. The van der Waals surface area contributed by atoms with Crippen LogP contribution in [0.1, 0.15) is 30.4 Å². The second-order valence-electron chi connectivity index (χ2n) is 6.01. The van der Waals surface area contributed by atoms with Crippen molar-refractivity contribution in [1.82, 2.24) is 4.90 Å². The van der Waals surface area contributed by atoms with Crippen molar-refractivity contribution in [2.45, 2.75) is 38.3 Å². The maximum atomic E-state index is 6.12. The highest BCUT2D eigenvalue weighted by atomic mass is 15.2. The Hall–Kier alpha value is -1.02. The Morgan fingerprint density at radius 3 is 2.94 bits per heavy atom. The quantitative estimate of drug-likeness (QED) is 0.748. The van der Waals surface area contributed by atoms with Gasteiger partial charge in [0.05, 0.1) is 0 Å². The van der Waals surface area contributed by atoms with Gasteiger partial charge < -0.3 is 5.73 Å². The van der Waals surface area contributed by atoms with Crippen LogP contribution in [-0.2, 0) is 13.0 Å². The van der Waals surface area contributed by atoms with Crippen molar-refractivity contribution >= 4 is 5.69 Å². The Bertz CT molecular complexity index is 454. The van der Waals surface area contributed by atoms with Crippen LogP contribution in [0.15, 0.2) is 18.2 Å². The highest BCUT2D eigenvalue weighted by Gasteiger charge is 2.50. The minimum atomic E-state index is 0.868. The average molecular weight is 228 g/mol. The molecule has 2 saturated carbocycles. The lowest BCUT2D eigenvalue weighted by atomic mass is 9.96. The molecule has 0 bridgehead atoms. The smallest absolute Gasteiger partial charge is 0.0362 e. The van der Waals surface area contributed by atoms with Gasteiger partial charge in [-0.25, -0.2) is 0 Å². The zero-order chi connectivity index (χ0) is 11.4. The summed E-state index contributed by atoms with van der Waals surface area (Å²) >= 11 is 0. The van der Waals surface area contributed by atoms with E-state index in [4.69, 9.17) is 5.73 Å². The van der Waals surface area contributed by atoms with Gasteiger partial charge in [0.2, 0.25) is 0 Å². The molecule has 0 spiro atoms. The number of fused-ring (bicyclic) bond motifs is 2. The highest BCUT2D eigenvalue weighted by molar-refractivity contribution is 5.51. The van der Waals surface area contributed by atoms with Gasteiger partial charge in [0.25, 0.3) is 0 Å². The maximum absolute atomic E-state index is 6.12. The summed E-state index contributed by atoms with van der Waals surface area (Å²) in [4.78, 5) is 2.70. The number of anilines is 1. The van der Waals surface area contributed by atoms with E-state index >= 15 is 0 Å². The molecule has 0 saturated heterocycles. The third-order valence-corrected chi connectivity index (χ3v) is 5.11. The molecule has 1 aromatic rings. The van der Waals surface area contributed by atoms with E-state index in [1.165, 1.54) is 43.4 Å². The van der Waals surface area contributed by atoms with Crippen LogP contribution in [0.2, 0.25) is 0 Å². The Labute approximate surface area is 103 Å². The molecule has 2 N–H and O–H groups in total. The summed E-state index contributed by atoms with van der Waals surface area (Å²) in [7, 11) is 0. The lowest BCUT2D eigenvalue weighted by Gasteiger charge is -2.35. The summed E-state index contributed by atoms with van der Waals surface area (Å²) in [6.07, 6.45) is 5.59. The SMILES string of the molecule is Nc1cccc2c1CN(C1CCC3CC31)CC2. The molecule has 0 aromatic heterocycles. The number of benzene rings is 1. The fourth-order valence-electron chi connectivity index (χ4n) is 4.04. The molecule has 2 aliphatic carbocycles. The topological polar surface area (TPSA) is 29.3 Å². The van der Waals surface area contributed by atoms with Crippen molar-refractivity contribution in [3.63, 3.8) is 0 Å². The van der Waals surface area contributed by atoms with Crippen molar-refractivity contribution in [2.24, 2.45) is 11.8 Å². The number of nitrogens with zero attached hydrogens (tertiary/aromatic N) is 1. The summed E-state index contributed by atoms with van der Waals surface area (Å²) in [5.41, 5.74) is 10.0. The predicted molar refractivity (Wildman–Crippen MR) is 69.6 cm³/mol. The molecular weight excluding hydrogens is 208 g/mol. The van der Waals surface area contributed by atoms with Crippen LogP contribution >= 0.6 is 0 Å². The predicted octanol–water partition coefficient (Wildman–Crippen LogP) is 2.43.